The first-order chi connectivity index (χ1) is 12.6. The van der Waals surface area contributed by atoms with E-state index in [1.165, 1.54) is 0 Å². The van der Waals surface area contributed by atoms with Gasteiger partial charge in [0.2, 0.25) is 0 Å². The summed E-state index contributed by atoms with van der Waals surface area (Å²) >= 11 is 0. The summed E-state index contributed by atoms with van der Waals surface area (Å²) in [6.07, 6.45) is 5.27. The Labute approximate surface area is 153 Å². The molecule has 4 nitrogen and oxygen atoms in total. The predicted molar refractivity (Wildman–Crippen MR) is 107 cm³/mol. The van der Waals surface area contributed by atoms with Crippen molar-refractivity contribution < 1.29 is 4.79 Å². The van der Waals surface area contributed by atoms with Crippen molar-refractivity contribution in [1.82, 2.24) is 9.99 Å². The van der Waals surface area contributed by atoms with E-state index < -0.39 is 0 Å². The number of nitrogens with one attached hydrogen (secondary N) is 1. The van der Waals surface area contributed by atoms with Crippen LogP contribution in [0.15, 0.2) is 77.9 Å². The van der Waals surface area contributed by atoms with E-state index in [1.807, 2.05) is 48.5 Å². The maximum absolute atomic E-state index is 12.2. The smallest absolute Gasteiger partial charge is 0.271 e. The van der Waals surface area contributed by atoms with Crippen molar-refractivity contribution in [2.24, 2.45) is 5.10 Å². The molecule has 0 aliphatic carbocycles. The van der Waals surface area contributed by atoms with E-state index in [2.05, 4.69) is 41.1 Å². The summed E-state index contributed by atoms with van der Waals surface area (Å²) in [5.74, 6) is -0.234. The number of benzene rings is 2. The highest BCUT2D eigenvalue weighted by Crippen LogP contribution is 2.16. The molecular formula is C22H21N3O. The quantitative estimate of drug-likeness (QED) is 0.537. The third-order valence-electron chi connectivity index (χ3n) is 4.07. The van der Waals surface area contributed by atoms with Crippen molar-refractivity contribution >= 4 is 18.2 Å². The summed E-state index contributed by atoms with van der Waals surface area (Å²) < 4.78 is 2.15. The van der Waals surface area contributed by atoms with Gasteiger partial charge >= 0.3 is 0 Å². The first-order valence-corrected chi connectivity index (χ1v) is 8.45. The van der Waals surface area contributed by atoms with E-state index in [4.69, 9.17) is 0 Å². The number of hydrogen-bond donors (Lipinski definition) is 1. The number of rotatable bonds is 5. The molecule has 2 aromatic carbocycles. The lowest BCUT2D eigenvalue weighted by atomic mass is 10.2. The third-order valence-corrected chi connectivity index (χ3v) is 4.07. The zero-order chi connectivity index (χ0) is 18.4. The summed E-state index contributed by atoms with van der Waals surface area (Å²) in [5.41, 5.74) is 7.55. The number of amides is 1. The van der Waals surface area contributed by atoms with Crippen LogP contribution in [0.1, 0.15) is 27.3 Å². The molecule has 1 N–H and O–H groups in total. The Bertz CT molecular complexity index is 916. The molecule has 0 fully saturated rings. The van der Waals surface area contributed by atoms with E-state index >= 15 is 0 Å². The Morgan fingerprint density at radius 3 is 2.23 bits per heavy atom. The van der Waals surface area contributed by atoms with E-state index in [1.54, 1.807) is 24.4 Å². The van der Waals surface area contributed by atoms with E-state index in [0.29, 0.717) is 5.56 Å². The highest BCUT2D eigenvalue weighted by Gasteiger charge is 2.07. The molecule has 4 heteroatoms. The molecule has 0 saturated carbocycles. The maximum Gasteiger partial charge on any atom is 0.271 e. The number of carbonyl (C=O) groups is 1. The molecule has 1 heterocycles. The van der Waals surface area contributed by atoms with Crippen molar-refractivity contribution in [2.75, 3.05) is 0 Å². The molecule has 0 radical (unpaired) electrons. The van der Waals surface area contributed by atoms with Gasteiger partial charge in [0.15, 0.2) is 0 Å². The van der Waals surface area contributed by atoms with Crippen molar-refractivity contribution in [3.8, 4) is 5.69 Å². The summed E-state index contributed by atoms with van der Waals surface area (Å²) in [7, 11) is 0. The van der Waals surface area contributed by atoms with E-state index in [0.717, 1.165) is 22.6 Å². The van der Waals surface area contributed by atoms with E-state index in [-0.39, 0.29) is 5.91 Å². The number of hydrazone groups is 1. The van der Waals surface area contributed by atoms with Gasteiger partial charge in [-0.05, 0) is 61.9 Å². The normalized spacial score (nSPS) is 11.3. The number of aromatic nitrogens is 1. The van der Waals surface area contributed by atoms with Crippen LogP contribution in [-0.4, -0.2) is 16.7 Å². The molecule has 0 atom stereocenters. The molecule has 3 rings (SSSR count). The summed E-state index contributed by atoms with van der Waals surface area (Å²) in [5, 5.41) is 3.95. The largest absolute Gasteiger partial charge is 0.319 e. The standard InChI is InChI=1S/C22H21N3O/c1-17-10-11-18(2)25(17)21-14-12-20(13-15-21)22(26)24-23-16-6-9-19-7-4-3-5-8-19/h3-16H,1-2H3,(H,24,26). The molecular weight excluding hydrogens is 322 g/mol. The molecule has 26 heavy (non-hydrogen) atoms. The maximum atomic E-state index is 12.2. The van der Waals surface area contributed by atoms with Gasteiger partial charge in [0.1, 0.15) is 0 Å². The molecule has 0 unspecified atom stereocenters. The SMILES string of the molecule is Cc1ccc(C)n1-c1ccc(C(=O)NN=CC=Cc2ccccc2)cc1. The first kappa shape index (κ1) is 17.4. The van der Waals surface area contributed by atoms with Crippen LogP contribution in [0.3, 0.4) is 0 Å². The van der Waals surface area contributed by atoms with Crippen LogP contribution in [0.4, 0.5) is 0 Å². The Morgan fingerprint density at radius 1 is 0.923 bits per heavy atom. The van der Waals surface area contributed by atoms with Gasteiger partial charge in [-0.1, -0.05) is 36.4 Å². The second kappa shape index (κ2) is 8.12. The molecule has 3 aromatic rings. The predicted octanol–water partition coefficient (Wildman–Crippen LogP) is 4.52. The lowest BCUT2D eigenvalue weighted by Crippen LogP contribution is -2.17. The van der Waals surface area contributed by atoms with Crippen molar-refractivity contribution in [1.29, 1.82) is 0 Å². The highest BCUT2D eigenvalue weighted by atomic mass is 16.2. The Hall–Kier alpha value is -3.40. The Morgan fingerprint density at radius 2 is 1.58 bits per heavy atom. The van der Waals surface area contributed by atoms with Crippen LogP contribution in [0, 0.1) is 13.8 Å². The zero-order valence-electron chi connectivity index (χ0n) is 14.9. The molecule has 130 valence electrons. The number of hydrogen-bond acceptors (Lipinski definition) is 2. The van der Waals surface area contributed by atoms with Gasteiger partial charge in [0.05, 0.1) is 0 Å². The van der Waals surface area contributed by atoms with E-state index in [9.17, 15) is 4.79 Å². The average molecular weight is 343 g/mol. The van der Waals surface area contributed by atoms with Crippen LogP contribution < -0.4 is 5.43 Å². The number of carbonyl (C=O) groups excluding carboxylic acids is 1. The molecule has 0 spiro atoms. The number of nitrogens with zero attached hydrogens (tertiary/aromatic N) is 2. The van der Waals surface area contributed by atoms with Gasteiger partial charge in [-0.15, -0.1) is 0 Å². The number of allylic oxidation sites excluding steroid dienone is 1. The van der Waals surface area contributed by atoms with Crippen LogP contribution in [0.5, 0.6) is 0 Å². The molecule has 0 saturated heterocycles. The van der Waals surface area contributed by atoms with Crippen molar-refractivity contribution in [2.45, 2.75) is 13.8 Å². The lowest BCUT2D eigenvalue weighted by Gasteiger charge is -2.09. The monoisotopic (exact) mass is 343 g/mol. The van der Waals surface area contributed by atoms with Crippen molar-refractivity contribution in [3.05, 3.63) is 95.3 Å². The Balaban J connectivity index is 1.60. The van der Waals surface area contributed by atoms with Crippen LogP contribution in [0.25, 0.3) is 11.8 Å². The van der Waals surface area contributed by atoms with Gasteiger partial charge in [-0.3, -0.25) is 4.79 Å². The second-order valence-corrected chi connectivity index (χ2v) is 5.99. The summed E-state index contributed by atoms with van der Waals surface area (Å²) in [4.78, 5) is 12.2. The third kappa shape index (κ3) is 4.16. The Kier molecular flexibility index (Phi) is 5.44. The van der Waals surface area contributed by atoms with Gasteiger partial charge in [-0.25, -0.2) is 5.43 Å². The minimum atomic E-state index is -0.234. The van der Waals surface area contributed by atoms with Gasteiger partial charge in [-0.2, -0.15) is 5.10 Å². The molecule has 1 amide bonds. The van der Waals surface area contributed by atoms with Crippen molar-refractivity contribution in [3.63, 3.8) is 0 Å². The fourth-order valence-electron chi connectivity index (χ4n) is 2.76. The summed E-state index contributed by atoms with van der Waals surface area (Å²) in [6.45, 7) is 4.12. The van der Waals surface area contributed by atoms with Gasteiger partial charge in [0.25, 0.3) is 5.91 Å². The fourth-order valence-corrected chi connectivity index (χ4v) is 2.76. The van der Waals surface area contributed by atoms with Gasteiger partial charge < -0.3 is 4.57 Å². The minimum absolute atomic E-state index is 0.234. The topological polar surface area (TPSA) is 46.4 Å². The second-order valence-electron chi connectivity index (χ2n) is 5.99. The first-order valence-electron chi connectivity index (χ1n) is 8.45. The lowest BCUT2D eigenvalue weighted by molar-refractivity contribution is 0.0955. The molecule has 0 aliphatic heterocycles. The summed E-state index contributed by atoms with van der Waals surface area (Å²) in [6, 6.07) is 21.5. The molecule has 0 aliphatic rings. The van der Waals surface area contributed by atoms with Crippen LogP contribution >= 0.6 is 0 Å². The van der Waals surface area contributed by atoms with Crippen LogP contribution in [-0.2, 0) is 0 Å². The molecule has 0 bridgehead atoms. The minimum Gasteiger partial charge on any atom is -0.319 e. The van der Waals surface area contributed by atoms with Crippen LogP contribution in [0.2, 0.25) is 0 Å². The average Bonchev–Trinajstić information content (AvgIpc) is 3.00. The highest BCUT2D eigenvalue weighted by molar-refractivity contribution is 5.94. The fraction of sp³-hybridized carbons (Fsp3) is 0.0909. The zero-order valence-corrected chi connectivity index (χ0v) is 14.9. The van der Waals surface area contributed by atoms with Gasteiger partial charge in [0, 0.05) is 28.9 Å². The number of aryl methyl sites for hydroxylation is 2. The molecule has 1 aromatic heterocycles.